The van der Waals surface area contributed by atoms with Gasteiger partial charge in [-0.15, -0.1) is 0 Å². The largest absolute Gasteiger partial charge is 0.478 e. The van der Waals surface area contributed by atoms with Gasteiger partial charge in [-0.1, -0.05) is 29.8 Å². The second kappa shape index (κ2) is 8.74. The van der Waals surface area contributed by atoms with Gasteiger partial charge in [0.25, 0.3) is 0 Å². The van der Waals surface area contributed by atoms with Crippen molar-refractivity contribution in [1.29, 1.82) is 0 Å². The summed E-state index contributed by atoms with van der Waals surface area (Å²) in [5, 5.41) is 12.4. The SMILES string of the molecule is NC=C(C=NC1CCC1)c1ccc(NC(=O)C2(c3cccc(Cl)c3F)CC2)cc1C(=O)O. The second-order valence-electron chi connectivity index (χ2n) is 8.19. The molecule has 0 spiro atoms. The van der Waals surface area contributed by atoms with Crippen LogP contribution in [0.25, 0.3) is 5.57 Å². The Labute approximate surface area is 190 Å². The Morgan fingerprint density at radius 1 is 1.22 bits per heavy atom. The fourth-order valence-electron chi connectivity index (χ4n) is 3.84. The number of hydrogen-bond acceptors (Lipinski definition) is 4. The number of rotatable bonds is 7. The van der Waals surface area contributed by atoms with E-state index < -0.39 is 23.1 Å². The molecule has 8 heteroatoms. The number of aromatic carboxylic acids is 1. The van der Waals surface area contributed by atoms with E-state index in [1.807, 2.05) is 0 Å². The molecule has 2 aromatic carbocycles. The monoisotopic (exact) mass is 455 g/mol. The van der Waals surface area contributed by atoms with Crippen molar-refractivity contribution >= 4 is 41.0 Å². The zero-order chi connectivity index (χ0) is 22.9. The molecule has 0 unspecified atom stereocenters. The van der Waals surface area contributed by atoms with Gasteiger partial charge in [-0.2, -0.15) is 0 Å². The molecule has 0 heterocycles. The van der Waals surface area contributed by atoms with Gasteiger partial charge in [0.15, 0.2) is 0 Å². The Bertz CT molecular complexity index is 1140. The Morgan fingerprint density at radius 3 is 2.56 bits per heavy atom. The number of benzene rings is 2. The summed E-state index contributed by atoms with van der Waals surface area (Å²) >= 11 is 5.89. The molecule has 2 aliphatic rings. The van der Waals surface area contributed by atoms with Crippen LogP contribution in [0.3, 0.4) is 0 Å². The van der Waals surface area contributed by atoms with Crippen LogP contribution in [0.15, 0.2) is 47.6 Å². The first-order valence-corrected chi connectivity index (χ1v) is 10.8. The van der Waals surface area contributed by atoms with Gasteiger partial charge < -0.3 is 16.2 Å². The van der Waals surface area contributed by atoms with Crippen LogP contribution in [0.5, 0.6) is 0 Å². The smallest absolute Gasteiger partial charge is 0.336 e. The average Bonchev–Trinajstić information content (AvgIpc) is 3.54. The molecule has 6 nitrogen and oxygen atoms in total. The molecule has 0 bridgehead atoms. The van der Waals surface area contributed by atoms with E-state index in [4.69, 9.17) is 17.3 Å². The Hall–Kier alpha value is -3.19. The Kier molecular flexibility index (Phi) is 6.02. The minimum atomic E-state index is -1.16. The molecule has 2 fully saturated rings. The lowest BCUT2D eigenvalue weighted by Gasteiger charge is -2.21. The fourth-order valence-corrected chi connectivity index (χ4v) is 4.02. The molecule has 0 saturated heterocycles. The number of carbonyl (C=O) groups excluding carboxylic acids is 1. The number of halogens is 2. The van der Waals surface area contributed by atoms with Crippen molar-refractivity contribution in [2.45, 2.75) is 43.6 Å². The zero-order valence-electron chi connectivity index (χ0n) is 17.3. The van der Waals surface area contributed by atoms with Crippen molar-refractivity contribution in [2.24, 2.45) is 10.7 Å². The number of amides is 1. The van der Waals surface area contributed by atoms with Gasteiger partial charge >= 0.3 is 5.97 Å². The maximum Gasteiger partial charge on any atom is 0.336 e. The van der Waals surface area contributed by atoms with E-state index in [2.05, 4.69) is 10.3 Å². The lowest BCUT2D eigenvalue weighted by Crippen LogP contribution is -2.29. The third-order valence-electron chi connectivity index (χ3n) is 6.15. The molecule has 2 aliphatic carbocycles. The van der Waals surface area contributed by atoms with E-state index >= 15 is 0 Å². The summed E-state index contributed by atoms with van der Waals surface area (Å²) in [4.78, 5) is 29.4. The molecule has 2 saturated carbocycles. The lowest BCUT2D eigenvalue weighted by atomic mass is 9.93. The highest BCUT2D eigenvalue weighted by molar-refractivity contribution is 6.30. The van der Waals surface area contributed by atoms with Crippen LogP contribution in [0, 0.1) is 5.82 Å². The van der Waals surface area contributed by atoms with Gasteiger partial charge in [0, 0.05) is 35.3 Å². The molecule has 0 radical (unpaired) electrons. The molecule has 2 aromatic rings. The van der Waals surface area contributed by atoms with E-state index in [9.17, 15) is 19.1 Å². The van der Waals surface area contributed by atoms with Gasteiger partial charge in [0.1, 0.15) is 5.82 Å². The van der Waals surface area contributed by atoms with Gasteiger partial charge in [0.2, 0.25) is 5.91 Å². The van der Waals surface area contributed by atoms with E-state index in [-0.39, 0.29) is 22.2 Å². The number of carboxylic acid groups (broad SMARTS) is 1. The summed E-state index contributed by atoms with van der Waals surface area (Å²) in [7, 11) is 0. The predicted octanol–water partition coefficient (Wildman–Crippen LogP) is 4.77. The van der Waals surface area contributed by atoms with Crippen molar-refractivity contribution < 1.29 is 19.1 Å². The molecule has 4 N–H and O–H groups in total. The highest BCUT2D eigenvalue weighted by Gasteiger charge is 2.53. The maximum atomic E-state index is 14.5. The number of carboxylic acids is 1. The molecule has 0 aliphatic heterocycles. The lowest BCUT2D eigenvalue weighted by molar-refractivity contribution is -0.118. The van der Waals surface area contributed by atoms with Gasteiger partial charge in [-0.3, -0.25) is 9.79 Å². The third kappa shape index (κ3) is 4.12. The van der Waals surface area contributed by atoms with Gasteiger partial charge in [-0.25, -0.2) is 9.18 Å². The average molecular weight is 456 g/mol. The summed E-state index contributed by atoms with van der Waals surface area (Å²) in [5.74, 6) is -2.16. The van der Waals surface area contributed by atoms with Gasteiger partial charge in [-0.05, 0) is 55.9 Å². The molecule has 4 rings (SSSR count). The number of nitrogens with zero attached hydrogens (tertiary/aromatic N) is 1. The van der Waals surface area contributed by atoms with E-state index in [1.165, 1.54) is 18.3 Å². The molecule has 32 heavy (non-hydrogen) atoms. The number of nitrogens with one attached hydrogen (secondary N) is 1. The van der Waals surface area contributed by atoms with E-state index in [1.54, 1.807) is 30.5 Å². The van der Waals surface area contributed by atoms with E-state index in [0.717, 1.165) is 19.3 Å². The quantitative estimate of drug-likeness (QED) is 0.523. The first-order valence-electron chi connectivity index (χ1n) is 10.4. The molecule has 1 amide bonds. The first kappa shape index (κ1) is 22.0. The van der Waals surface area contributed by atoms with E-state index in [0.29, 0.717) is 29.7 Å². The molecule has 0 aromatic heterocycles. The minimum Gasteiger partial charge on any atom is -0.478 e. The van der Waals surface area contributed by atoms with Crippen molar-refractivity contribution in [3.8, 4) is 0 Å². The van der Waals surface area contributed by atoms with Crippen LogP contribution in [0.4, 0.5) is 10.1 Å². The summed E-state index contributed by atoms with van der Waals surface area (Å²) in [5.41, 5.74) is 6.16. The standard InChI is InChI=1S/C24H23ClFN3O3/c25-20-6-2-5-19(21(20)26)24(9-10-24)23(32)29-16-7-8-17(18(11-16)22(30)31)14(12-27)13-28-15-3-1-4-15/h2,5-8,11-13,15H,1,3-4,9-10,27H2,(H,29,32)(H,30,31). The molecule has 166 valence electrons. The summed E-state index contributed by atoms with van der Waals surface area (Å²) in [6.07, 6.45) is 7.06. The van der Waals surface area contributed by atoms with Crippen LogP contribution in [-0.4, -0.2) is 29.2 Å². The Morgan fingerprint density at radius 2 is 1.97 bits per heavy atom. The van der Waals surface area contributed by atoms with Crippen molar-refractivity contribution in [1.82, 2.24) is 0 Å². The van der Waals surface area contributed by atoms with Crippen LogP contribution in [-0.2, 0) is 10.2 Å². The number of hydrogen-bond donors (Lipinski definition) is 3. The Balaban J connectivity index is 1.59. The van der Waals surface area contributed by atoms with Crippen LogP contribution < -0.4 is 11.1 Å². The van der Waals surface area contributed by atoms with Crippen molar-refractivity contribution in [3.05, 3.63) is 70.1 Å². The predicted molar refractivity (Wildman–Crippen MR) is 123 cm³/mol. The summed E-state index contributed by atoms with van der Waals surface area (Å²) < 4.78 is 14.5. The molecular formula is C24H23ClFN3O3. The highest BCUT2D eigenvalue weighted by atomic mass is 35.5. The zero-order valence-corrected chi connectivity index (χ0v) is 18.0. The topological polar surface area (TPSA) is 105 Å². The van der Waals surface area contributed by atoms with Crippen LogP contribution in [0.2, 0.25) is 5.02 Å². The summed E-state index contributed by atoms with van der Waals surface area (Å²) in [6, 6.07) is 9.41. The number of carbonyl (C=O) groups is 2. The minimum absolute atomic E-state index is 0.0154. The van der Waals surface area contributed by atoms with Crippen LogP contribution in [0.1, 0.15) is 53.6 Å². The highest BCUT2D eigenvalue weighted by Crippen LogP contribution is 2.50. The van der Waals surface area contributed by atoms with Crippen molar-refractivity contribution in [3.63, 3.8) is 0 Å². The first-order chi connectivity index (χ1) is 15.4. The molecule has 0 atom stereocenters. The van der Waals surface area contributed by atoms with Crippen molar-refractivity contribution in [2.75, 3.05) is 5.32 Å². The number of aliphatic imine (C=N–C) groups is 1. The third-order valence-corrected chi connectivity index (χ3v) is 6.44. The fraction of sp³-hybridized carbons (Fsp3) is 0.292. The van der Waals surface area contributed by atoms with Gasteiger partial charge in [0.05, 0.1) is 16.0 Å². The maximum absolute atomic E-state index is 14.5. The summed E-state index contributed by atoms with van der Waals surface area (Å²) in [6.45, 7) is 0. The number of anilines is 1. The van der Waals surface area contributed by atoms with Crippen LogP contribution >= 0.6 is 11.6 Å². The molecular weight excluding hydrogens is 433 g/mol. The normalized spacial score (nSPS) is 17.8. The number of allylic oxidation sites excluding steroid dienone is 1. The number of nitrogens with two attached hydrogens (primary N) is 1. The second-order valence-corrected chi connectivity index (χ2v) is 8.60.